The van der Waals surface area contributed by atoms with E-state index in [4.69, 9.17) is 4.98 Å². The van der Waals surface area contributed by atoms with Gasteiger partial charge in [-0.05, 0) is 38.1 Å². The molecule has 2 saturated heterocycles. The summed E-state index contributed by atoms with van der Waals surface area (Å²) in [6.07, 6.45) is 2.31. The predicted molar refractivity (Wildman–Crippen MR) is 84.7 cm³/mol. The summed E-state index contributed by atoms with van der Waals surface area (Å²) in [7, 11) is 0. The zero-order chi connectivity index (χ0) is 15.1. The summed E-state index contributed by atoms with van der Waals surface area (Å²) in [4.78, 5) is 30.0. The van der Waals surface area contributed by atoms with E-state index in [-0.39, 0.29) is 17.9 Å². The first-order chi connectivity index (χ1) is 10.7. The molecule has 0 radical (unpaired) electrons. The van der Waals surface area contributed by atoms with Gasteiger partial charge >= 0.3 is 0 Å². The number of para-hydroxylation sites is 1. The van der Waals surface area contributed by atoms with Crippen LogP contribution in [0.25, 0.3) is 10.2 Å². The molecule has 3 heterocycles. The Hall–Kier alpha value is -1.79. The Morgan fingerprint density at radius 2 is 1.95 bits per heavy atom. The fourth-order valence-corrected chi connectivity index (χ4v) is 4.49. The number of nitrogens with zero attached hydrogens (tertiary/aromatic N) is 2. The summed E-state index contributed by atoms with van der Waals surface area (Å²) in [5.41, 5.74) is 1.07. The van der Waals surface area contributed by atoms with Gasteiger partial charge in [0, 0.05) is 5.92 Å². The molecule has 0 unspecified atom stereocenters. The number of carbonyl (C=O) groups is 2. The third-order valence-corrected chi connectivity index (χ3v) is 5.77. The van der Waals surface area contributed by atoms with E-state index in [0.717, 1.165) is 31.4 Å². The lowest BCUT2D eigenvalue weighted by Crippen LogP contribution is -2.44. The van der Waals surface area contributed by atoms with Crippen molar-refractivity contribution in [2.45, 2.75) is 31.2 Å². The van der Waals surface area contributed by atoms with Gasteiger partial charge in [-0.25, -0.2) is 4.98 Å². The van der Waals surface area contributed by atoms with Crippen LogP contribution in [0, 0.1) is 0 Å². The normalized spacial score (nSPS) is 24.1. The Balaban J connectivity index is 1.45. The Bertz CT molecular complexity index is 701. The second kappa shape index (κ2) is 5.44. The van der Waals surface area contributed by atoms with Crippen LogP contribution >= 0.6 is 11.3 Å². The van der Waals surface area contributed by atoms with Crippen molar-refractivity contribution in [3.63, 3.8) is 0 Å². The highest BCUT2D eigenvalue weighted by Crippen LogP contribution is 2.34. The van der Waals surface area contributed by atoms with Gasteiger partial charge in [0.1, 0.15) is 0 Å². The Morgan fingerprint density at radius 3 is 2.64 bits per heavy atom. The summed E-state index contributed by atoms with van der Waals surface area (Å²) < 4.78 is 1.24. The van der Waals surface area contributed by atoms with Gasteiger partial charge in [0.15, 0.2) is 0 Å². The highest BCUT2D eigenvalue weighted by Gasteiger charge is 2.37. The van der Waals surface area contributed by atoms with Crippen molar-refractivity contribution >= 4 is 33.4 Å². The number of hydrogen-bond donors (Lipinski definition) is 1. The summed E-state index contributed by atoms with van der Waals surface area (Å²) in [5.74, 6) is 0.181. The molecule has 2 aromatic rings. The maximum atomic E-state index is 11.8. The number of carbonyl (C=O) groups excluding carboxylic acids is 2. The van der Waals surface area contributed by atoms with Crippen LogP contribution in [0.4, 0.5) is 0 Å². The number of hydrogen-bond acceptors (Lipinski definition) is 5. The first kappa shape index (κ1) is 13.8. The van der Waals surface area contributed by atoms with E-state index in [9.17, 15) is 9.59 Å². The molecule has 2 aliphatic heterocycles. The second-order valence-corrected chi connectivity index (χ2v) is 7.02. The fraction of sp³-hybridized carbons (Fsp3) is 0.438. The average molecular weight is 315 g/mol. The molecule has 0 aliphatic carbocycles. The van der Waals surface area contributed by atoms with Gasteiger partial charge in [-0.15, -0.1) is 11.3 Å². The molecule has 4 rings (SSSR count). The largest absolute Gasteiger partial charge is 0.295 e. The zero-order valence-electron chi connectivity index (χ0n) is 12.1. The molecule has 0 spiro atoms. The van der Waals surface area contributed by atoms with Crippen molar-refractivity contribution in [2.75, 3.05) is 13.1 Å². The van der Waals surface area contributed by atoms with E-state index < -0.39 is 0 Å². The lowest BCUT2D eigenvalue weighted by Gasteiger charge is -2.33. The number of aromatic nitrogens is 1. The first-order valence-corrected chi connectivity index (χ1v) is 8.45. The van der Waals surface area contributed by atoms with Crippen LogP contribution in [0.5, 0.6) is 0 Å². The smallest absolute Gasteiger partial charge is 0.244 e. The Morgan fingerprint density at radius 1 is 1.18 bits per heavy atom. The van der Waals surface area contributed by atoms with Gasteiger partial charge in [0.05, 0.1) is 27.7 Å². The lowest BCUT2D eigenvalue weighted by atomic mass is 9.96. The zero-order valence-corrected chi connectivity index (χ0v) is 12.9. The van der Waals surface area contributed by atoms with Crippen molar-refractivity contribution in [1.82, 2.24) is 15.2 Å². The molecule has 114 valence electrons. The maximum Gasteiger partial charge on any atom is 0.244 e. The van der Waals surface area contributed by atoms with Crippen molar-refractivity contribution in [1.29, 1.82) is 0 Å². The molecule has 0 saturated carbocycles. The second-order valence-electron chi connectivity index (χ2n) is 5.96. The monoisotopic (exact) mass is 315 g/mol. The molecule has 1 N–H and O–H groups in total. The first-order valence-electron chi connectivity index (χ1n) is 7.64. The molecule has 0 bridgehead atoms. The number of imide groups is 1. The number of likely N-dealkylation sites (tertiary alicyclic amines) is 1. The van der Waals surface area contributed by atoms with E-state index in [1.807, 2.05) is 12.1 Å². The molecule has 6 heteroatoms. The summed E-state index contributed by atoms with van der Waals surface area (Å²) in [6.45, 7) is 1.71. The van der Waals surface area contributed by atoms with Crippen LogP contribution < -0.4 is 5.32 Å². The molecule has 2 amide bonds. The summed E-state index contributed by atoms with van der Waals surface area (Å²) >= 11 is 1.78. The number of thiazole rings is 1. The Kier molecular flexibility index (Phi) is 3.43. The van der Waals surface area contributed by atoms with Gasteiger partial charge in [0.2, 0.25) is 11.8 Å². The predicted octanol–water partition coefficient (Wildman–Crippen LogP) is 1.89. The van der Waals surface area contributed by atoms with Crippen LogP contribution in [0.3, 0.4) is 0 Å². The van der Waals surface area contributed by atoms with Crippen LogP contribution in [0.15, 0.2) is 24.3 Å². The topological polar surface area (TPSA) is 62.3 Å². The van der Waals surface area contributed by atoms with Crippen LogP contribution in [0.1, 0.15) is 30.2 Å². The molecule has 5 nitrogen and oxygen atoms in total. The van der Waals surface area contributed by atoms with E-state index in [1.165, 1.54) is 9.71 Å². The molecule has 22 heavy (non-hydrogen) atoms. The van der Waals surface area contributed by atoms with Crippen LogP contribution in [0.2, 0.25) is 0 Å². The fourth-order valence-electron chi connectivity index (χ4n) is 3.36. The lowest BCUT2D eigenvalue weighted by molar-refractivity contribution is -0.126. The number of amides is 2. The quantitative estimate of drug-likeness (QED) is 0.860. The number of benzene rings is 1. The number of rotatable bonds is 2. The molecule has 2 aliphatic rings. The minimum Gasteiger partial charge on any atom is -0.295 e. The average Bonchev–Trinajstić information content (AvgIpc) is 3.10. The van der Waals surface area contributed by atoms with Crippen LogP contribution in [-0.4, -0.2) is 40.8 Å². The van der Waals surface area contributed by atoms with Gasteiger partial charge in [-0.2, -0.15) is 0 Å². The SMILES string of the molecule is O=C1C[C@@H](N2CCC(c3nc4ccccc4s3)CC2)C(=O)N1. The third-order valence-electron chi connectivity index (χ3n) is 4.57. The van der Waals surface area contributed by atoms with Crippen LogP contribution in [-0.2, 0) is 9.59 Å². The van der Waals surface area contributed by atoms with Crippen molar-refractivity contribution in [2.24, 2.45) is 0 Å². The minimum absolute atomic E-state index is 0.136. The maximum absolute atomic E-state index is 11.8. The number of nitrogens with one attached hydrogen (secondary N) is 1. The molecular weight excluding hydrogens is 298 g/mol. The molecule has 1 aromatic heterocycles. The van der Waals surface area contributed by atoms with Gasteiger partial charge < -0.3 is 0 Å². The summed E-state index contributed by atoms with van der Waals surface area (Å²) in [5, 5.41) is 3.60. The van der Waals surface area contributed by atoms with Gasteiger partial charge in [0.25, 0.3) is 0 Å². The minimum atomic E-state index is -0.260. The standard InChI is InChI=1S/C16H17N3O2S/c20-14-9-12(15(21)18-14)19-7-5-10(6-8-19)16-17-11-3-1-2-4-13(11)22-16/h1-4,10,12H,5-9H2,(H,18,20,21)/t12-/m1/s1. The number of fused-ring (bicyclic) bond motifs is 1. The Labute approximate surface area is 132 Å². The molecule has 2 fully saturated rings. The van der Waals surface area contributed by atoms with Gasteiger partial charge in [-0.3, -0.25) is 19.8 Å². The van der Waals surface area contributed by atoms with E-state index >= 15 is 0 Å². The van der Waals surface area contributed by atoms with Crippen molar-refractivity contribution in [3.05, 3.63) is 29.3 Å². The molecule has 1 aromatic carbocycles. The molecule has 1 atom stereocenters. The van der Waals surface area contributed by atoms with E-state index in [2.05, 4.69) is 22.3 Å². The molecular formula is C16H17N3O2S. The van der Waals surface area contributed by atoms with E-state index in [0.29, 0.717) is 12.3 Å². The van der Waals surface area contributed by atoms with E-state index in [1.54, 1.807) is 11.3 Å². The van der Waals surface area contributed by atoms with Crippen molar-refractivity contribution in [3.8, 4) is 0 Å². The van der Waals surface area contributed by atoms with Gasteiger partial charge in [-0.1, -0.05) is 12.1 Å². The third kappa shape index (κ3) is 2.42. The summed E-state index contributed by atoms with van der Waals surface area (Å²) in [6, 6.07) is 7.97. The highest BCUT2D eigenvalue weighted by atomic mass is 32.1. The highest BCUT2D eigenvalue weighted by molar-refractivity contribution is 7.18. The van der Waals surface area contributed by atoms with Crippen molar-refractivity contribution < 1.29 is 9.59 Å². The number of piperidine rings is 1.